The van der Waals surface area contributed by atoms with Crippen LogP contribution in [0.5, 0.6) is 0 Å². The second-order valence-corrected chi connectivity index (χ2v) is 10.1. The van der Waals surface area contributed by atoms with Gasteiger partial charge in [0, 0.05) is 11.8 Å². The summed E-state index contributed by atoms with van der Waals surface area (Å²) in [5.74, 6) is 1.11. The zero-order valence-electron chi connectivity index (χ0n) is 19.1. The van der Waals surface area contributed by atoms with Gasteiger partial charge in [0.25, 0.3) is 0 Å². The van der Waals surface area contributed by atoms with Gasteiger partial charge in [-0.1, -0.05) is 80.2 Å². The number of fused-ring (bicyclic) bond motifs is 1. The molecule has 0 aliphatic carbocycles. The van der Waals surface area contributed by atoms with E-state index in [1.165, 1.54) is 16.7 Å². The number of nitrogens with zero attached hydrogens (tertiary/aromatic N) is 3. The van der Waals surface area contributed by atoms with Crippen molar-refractivity contribution in [3.63, 3.8) is 0 Å². The van der Waals surface area contributed by atoms with Gasteiger partial charge in [-0.2, -0.15) is 5.10 Å². The molecule has 0 saturated carbocycles. The Morgan fingerprint density at radius 1 is 0.970 bits per heavy atom. The minimum atomic E-state index is 0.313. The third-order valence-electron chi connectivity index (χ3n) is 6.09. The van der Waals surface area contributed by atoms with Crippen molar-refractivity contribution < 1.29 is 0 Å². The zero-order chi connectivity index (χ0) is 22.6. The highest BCUT2D eigenvalue weighted by Gasteiger charge is 2.21. The van der Waals surface area contributed by atoms with Gasteiger partial charge in [-0.25, -0.2) is 9.97 Å². The topological polar surface area (TPSA) is 78.5 Å². The summed E-state index contributed by atoms with van der Waals surface area (Å²) < 4.78 is 0. The fourth-order valence-electron chi connectivity index (χ4n) is 4.29. The first kappa shape index (κ1) is 21.9. The Labute approximate surface area is 199 Å². The molecule has 0 unspecified atom stereocenters. The van der Waals surface area contributed by atoms with Crippen LogP contribution < -0.4 is 10.6 Å². The summed E-state index contributed by atoms with van der Waals surface area (Å²) in [6, 6.07) is 19.0. The molecule has 6 nitrogen and oxygen atoms in total. The second kappa shape index (κ2) is 9.93. The van der Waals surface area contributed by atoms with Crippen molar-refractivity contribution in [1.82, 2.24) is 25.5 Å². The van der Waals surface area contributed by atoms with Crippen LogP contribution in [0.15, 0.2) is 59.8 Å². The maximum absolute atomic E-state index is 4.93. The average Bonchev–Trinajstić information content (AvgIpc) is 3.28. The molecule has 1 fully saturated rings. The lowest BCUT2D eigenvalue weighted by Gasteiger charge is -2.21. The van der Waals surface area contributed by atoms with E-state index in [0.29, 0.717) is 17.7 Å². The van der Waals surface area contributed by atoms with Crippen molar-refractivity contribution in [1.29, 1.82) is 0 Å². The molecule has 7 heteroatoms. The number of aromatic nitrogens is 4. The molecule has 1 aliphatic rings. The molecule has 0 atom stereocenters. The summed E-state index contributed by atoms with van der Waals surface area (Å²) in [6.45, 7) is 7.11. The largest absolute Gasteiger partial charge is 0.364 e. The predicted octanol–water partition coefficient (Wildman–Crippen LogP) is 5.60. The Bertz CT molecular complexity index is 1210. The highest BCUT2D eigenvalue weighted by atomic mass is 32.2. The van der Waals surface area contributed by atoms with Crippen LogP contribution in [0.3, 0.4) is 0 Å². The van der Waals surface area contributed by atoms with Crippen LogP contribution in [-0.2, 0) is 6.54 Å². The number of anilines is 1. The normalized spacial score (nSPS) is 14.8. The van der Waals surface area contributed by atoms with Crippen molar-refractivity contribution in [3.05, 3.63) is 65.9 Å². The lowest BCUT2D eigenvalue weighted by Crippen LogP contribution is -2.29. The Balaban J connectivity index is 1.46. The van der Waals surface area contributed by atoms with E-state index in [4.69, 9.17) is 9.97 Å². The minimum absolute atomic E-state index is 0.313. The molecule has 1 aliphatic heterocycles. The van der Waals surface area contributed by atoms with E-state index in [2.05, 4.69) is 83.2 Å². The van der Waals surface area contributed by atoms with E-state index < -0.39 is 0 Å². The van der Waals surface area contributed by atoms with E-state index in [9.17, 15) is 0 Å². The Morgan fingerprint density at radius 2 is 1.73 bits per heavy atom. The molecule has 4 aromatic rings. The first-order valence-electron chi connectivity index (χ1n) is 11.7. The van der Waals surface area contributed by atoms with Gasteiger partial charge in [-0.3, -0.25) is 5.10 Å². The minimum Gasteiger partial charge on any atom is -0.364 e. The van der Waals surface area contributed by atoms with Crippen LogP contribution in [0.4, 0.5) is 5.82 Å². The van der Waals surface area contributed by atoms with Gasteiger partial charge >= 0.3 is 0 Å². The Hall–Kier alpha value is -2.90. The van der Waals surface area contributed by atoms with Gasteiger partial charge in [0.15, 0.2) is 16.5 Å². The van der Waals surface area contributed by atoms with E-state index in [-0.39, 0.29) is 0 Å². The van der Waals surface area contributed by atoms with Gasteiger partial charge in [0.1, 0.15) is 5.52 Å². The molecule has 0 bridgehead atoms. The number of hydrogen-bond acceptors (Lipinski definition) is 6. The van der Waals surface area contributed by atoms with Crippen LogP contribution >= 0.6 is 11.8 Å². The third-order valence-corrected chi connectivity index (χ3v) is 7.29. The molecule has 0 amide bonds. The standard InChI is InChI=1S/C26H30N6S/c1-17(2)22-23-24(32-31-22)25(30-26(29-23)33-20-12-14-27-15-13-20)28-16-19-10-6-7-11-21(19)18-8-4-3-5-9-18/h3-11,17,20,27H,12-16H2,1-2H3,(H,31,32)(H,28,29,30). The first-order valence-corrected chi connectivity index (χ1v) is 12.6. The van der Waals surface area contributed by atoms with Gasteiger partial charge in [-0.05, 0) is 48.5 Å². The van der Waals surface area contributed by atoms with Crippen LogP contribution in [0.25, 0.3) is 22.2 Å². The summed E-state index contributed by atoms with van der Waals surface area (Å²) in [7, 11) is 0. The highest BCUT2D eigenvalue weighted by molar-refractivity contribution is 7.99. The maximum atomic E-state index is 4.93. The fraction of sp³-hybridized carbons (Fsp3) is 0.346. The number of benzene rings is 2. The number of aromatic amines is 1. The highest BCUT2D eigenvalue weighted by Crippen LogP contribution is 2.32. The zero-order valence-corrected chi connectivity index (χ0v) is 20.0. The SMILES string of the molecule is CC(C)c1[nH]nc2c(NCc3ccccc3-c3ccccc3)nc(SC3CCNCC3)nc12. The summed E-state index contributed by atoms with van der Waals surface area (Å²) in [5.41, 5.74) is 6.47. The molecule has 3 N–H and O–H groups in total. The molecule has 170 valence electrons. The molecule has 0 radical (unpaired) electrons. The molecule has 5 rings (SSSR count). The van der Waals surface area contributed by atoms with Crippen LogP contribution in [0, 0.1) is 0 Å². The first-order chi connectivity index (χ1) is 16.2. The van der Waals surface area contributed by atoms with Crippen LogP contribution in [0.2, 0.25) is 0 Å². The number of piperidine rings is 1. The van der Waals surface area contributed by atoms with E-state index in [1.54, 1.807) is 11.8 Å². The fourth-order valence-corrected chi connectivity index (χ4v) is 5.35. The van der Waals surface area contributed by atoms with Crippen molar-refractivity contribution in [3.8, 4) is 11.1 Å². The molecule has 33 heavy (non-hydrogen) atoms. The Morgan fingerprint density at radius 3 is 2.52 bits per heavy atom. The molecule has 2 aromatic heterocycles. The predicted molar refractivity (Wildman–Crippen MR) is 137 cm³/mol. The molecular weight excluding hydrogens is 428 g/mol. The molecular formula is C26H30N6S. The number of hydrogen-bond donors (Lipinski definition) is 3. The van der Waals surface area contributed by atoms with E-state index in [0.717, 1.165) is 53.6 Å². The van der Waals surface area contributed by atoms with Crippen molar-refractivity contribution in [2.75, 3.05) is 18.4 Å². The number of H-pyrrole nitrogens is 1. The van der Waals surface area contributed by atoms with E-state index in [1.807, 2.05) is 6.07 Å². The Kier molecular flexibility index (Phi) is 6.60. The molecule has 2 aromatic carbocycles. The third kappa shape index (κ3) is 4.89. The number of nitrogens with one attached hydrogen (secondary N) is 3. The smallest absolute Gasteiger partial charge is 0.190 e. The lowest BCUT2D eigenvalue weighted by atomic mass is 10.00. The monoisotopic (exact) mass is 458 g/mol. The van der Waals surface area contributed by atoms with Crippen molar-refractivity contribution in [2.45, 2.75) is 49.6 Å². The van der Waals surface area contributed by atoms with Gasteiger partial charge in [0.05, 0.1) is 5.69 Å². The van der Waals surface area contributed by atoms with E-state index >= 15 is 0 Å². The van der Waals surface area contributed by atoms with Crippen molar-refractivity contribution in [2.24, 2.45) is 0 Å². The molecule has 3 heterocycles. The maximum Gasteiger partial charge on any atom is 0.190 e. The second-order valence-electron chi connectivity index (χ2n) is 8.79. The van der Waals surface area contributed by atoms with Gasteiger partial charge in [0.2, 0.25) is 0 Å². The van der Waals surface area contributed by atoms with Gasteiger partial charge < -0.3 is 10.6 Å². The summed E-state index contributed by atoms with van der Waals surface area (Å²) in [4.78, 5) is 9.85. The van der Waals surface area contributed by atoms with Gasteiger partial charge in [-0.15, -0.1) is 0 Å². The van der Waals surface area contributed by atoms with Crippen LogP contribution in [0.1, 0.15) is 43.9 Å². The molecule has 0 spiro atoms. The summed E-state index contributed by atoms with van der Waals surface area (Å²) in [6.07, 6.45) is 2.28. The molecule has 1 saturated heterocycles. The average molecular weight is 459 g/mol. The van der Waals surface area contributed by atoms with Crippen molar-refractivity contribution >= 4 is 28.6 Å². The summed E-state index contributed by atoms with van der Waals surface area (Å²) in [5, 5.41) is 16.2. The summed E-state index contributed by atoms with van der Waals surface area (Å²) >= 11 is 1.80. The lowest BCUT2D eigenvalue weighted by molar-refractivity contribution is 0.531. The number of thioether (sulfide) groups is 1. The number of rotatable bonds is 7. The van der Waals surface area contributed by atoms with Crippen LogP contribution in [-0.4, -0.2) is 38.5 Å². The quantitative estimate of drug-likeness (QED) is 0.313.